The van der Waals surface area contributed by atoms with Crippen molar-refractivity contribution < 1.29 is 33.8 Å². The van der Waals surface area contributed by atoms with Crippen LogP contribution in [0.4, 0.5) is 0 Å². The van der Waals surface area contributed by atoms with Crippen LogP contribution in [-0.4, -0.2) is 51.8 Å². The van der Waals surface area contributed by atoms with Crippen LogP contribution in [0, 0.1) is 5.92 Å². The van der Waals surface area contributed by atoms with Gasteiger partial charge < -0.3 is 9.84 Å². The number of fused-ring (bicyclic) bond motifs is 1. The maximum absolute atomic E-state index is 13.0. The minimum absolute atomic E-state index is 0.0555. The highest BCUT2D eigenvalue weighted by Crippen LogP contribution is 2.36. The molecule has 3 aliphatic rings. The van der Waals surface area contributed by atoms with Crippen LogP contribution in [0.1, 0.15) is 59.2 Å². The summed E-state index contributed by atoms with van der Waals surface area (Å²) in [6.07, 6.45) is 1.96. The van der Waals surface area contributed by atoms with Gasteiger partial charge in [-0.1, -0.05) is 6.07 Å². The number of piperidine rings is 1. The van der Waals surface area contributed by atoms with Crippen LogP contribution in [0.5, 0.6) is 5.75 Å². The smallest absolute Gasteiger partial charge is 0.306 e. The van der Waals surface area contributed by atoms with Crippen LogP contribution in [0.3, 0.4) is 0 Å². The van der Waals surface area contributed by atoms with E-state index < -0.39 is 35.6 Å². The third kappa shape index (κ3) is 3.37. The highest BCUT2D eigenvalue weighted by atomic mass is 16.5. The molecule has 1 saturated heterocycles. The molecule has 0 aromatic heterocycles. The van der Waals surface area contributed by atoms with Crippen molar-refractivity contribution in [3.8, 4) is 5.75 Å². The molecule has 2 aliphatic heterocycles. The number of carboxylic acid groups (broad SMARTS) is 1. The van der Waals surface area contributed by atoms with Gasteiger partial charge in [0.1, 0.15) is 11.8 Å². The summed E-state index contributed by atoms with van der Waals surface area (Å²) in [7, 11) is 0. The van der Waals surface area contributed by atoms with Crippen LogP contribution >= 0.6 is 0 Å². The Hall–Kier alpha value is -3.23. The quantitative estimate of drug-likeness (QED) is 0.724. The molecular formula is C20H20N2O7. The number of nitrogens with zero attached hydrogens (tertiary/aromatic N) is 1. The Morgan fingerprint density at radius 1 is 1.03 bits per heavy atom. The summed E-state index contributed by atoms with van der Waals surface area (Å²) < 4.78 is 5.98. The first-order chi connectivity index (χ1) is 13.9. The minimum atomic E-state index is -1.03. The molecule has 0 radical (unpaired) electrons. The number of ether oxygens (including phenoxy) is 1. The average molecular weight is 400 g/mol. The summed E-state index contributed by atoms with van der Waals surface area (Å²) in [6.45, 7) is 0. The van der Waals surface area contributed by atoms with Crippen LogP contribution in [0.25, 0.3) is 0 Å². The van der Waals surface area contributed by atoms with Gasteiger partial charge in [-0.15, -0.1) is 0 Å². The first-order valence-corrected chi connectivity index (χ1v) is 9.61. The fraction of sp³-hybridized carbons (Fsp3) is 0.450. The van der Waals surface area contributed by atoms with E-state index in [9.17, 15) is 24.0 Å². The van der Waals surface area contributed by atoms with Crippen LogP contribution in [0.2, 0.25) is 0 Å². The molecule has 1 aromatic carbocycles. The molecule has 1 aliphatic carbocycles. The van der Waals surface area contributed by atoms with Gasteiger partial charge in [-0.3, -0.25) is 34.2 Å². The van der Waals surface area contributed by atoms with E-state index in [0.717, 1.165) is 4.90 Å². The van der Waals surface area contributed by atoms with E-state index in [0.29, 0.717) is 25.7 Å². The van der Waals surface area contributed by atoms with E-state index >= 15 is 0 Å². The number of aliphatic carboxylic acids is 1. The zero-order valence-electron chi connectivity index (χ0n) is 15.6. The van der Waals surface area contributed by atoms with Gasteiger partial charge in [-0.05, 0) is 44.2 Å². The number of nitrogens with one attached hydrogen (secondary N) is 1. The van der Waals surface area contributed by atoms with E-state index in [4.69, 9.17) is 9.84 Å². The van der Waals surface area contributed by atoms with Crippen molar-refractivity contribution in [2.24, 2.45) is 5.92 Å². The van der Waals surface area contributed by atoms with Gasteiger partial charge in [0.15, 0.2) is 0 Å². The highest BCUT2D eigenvalue weighted by molar-refractivity contribution is 6.24. The highest BCUT2D eigenvalue weighted by Gasteiger charge is 2.46. The molecule has 1 unspecified atom stereocenters. The maximum Gasteiger partial charge on any atom is 0.306 e. The number of hydrogen-bond donors (Lipinski definition) is 2. The molecule has 9 heteroatoms. The second kappa shape index (κ2) is 7.31. The lowest BCUT2D eigenvalue weighted by Crippen LogP contribution is -2.54. The summed E-state index contributed by atoms with van der Waals surface area (Å²) in [6, 6.07) is 3.69. The third-order valence-electron chi connectivity index (χ3n) is 5.75. The van der Waals surface area contributed by atoms with E-state index in [1.54, 1.807) is 12.1 Å². The van der Waals surface area contributed by atoms with Crippen molar-refractivity contribution in [3.05, 3.63) is 29.3 Å². The van der Waals surface area contributed by atoms with Crippen molar-refractivity contribution in [1.29, 1.82) is 0 Å². The lowest BCUT2D eigenvalue weighted by molar-refractivity contribution is -0.143. The summed E-state index contributed by atoms with van der Waals surface area (Å²) in [5.74, 6) is -3.23. The van der Waals surface area contributed by atoms with E-state index in [2.05, 4.69) is 5.32 Å². The van der Waals surface area contributed by atoms with Gasteiger partial charge in [0.25, 0.3) is 11.8 Å². The normalized spacial score (nSPS) is 26.9. The second-order valence-electron chi connectivity index (χ2n) is 7.56. The lowest BCUT2D eigenvalue weighted by Gasteiger charge is -2.28. The van der Waals surface area contributed by atoms with Gasteiger partial charge in [-0.2, -0.15) is 0 Å². The molecule has 2 fully saturated rings. The summed E-state index contributed by atoms with van der Waals surface area (Å²) in [5.41, 5.74) is 0.277. The molecule has 9 nitrogen and oxygen atoms in total. The van der Waals surface area contributed by atoms with Crippen LogP contribution < -0.4 is 10.1 Å². The van der Waals surface area contributed by atoms with Crippen LogP contribution in [-0.2, 0) is 14.4 Å². The van der Waals surface area contributed by atoms with E-state index in [1.165, 1.54) is 6.07 Å². The fourth-order valence-corrected chi connectivity index (χ4v) is 4.19. The molecule has 0 bridgehead atoms. The molecule has 4 amide bonds. The SMILES string of the molecule is O=C1CCC(N2C(=O)c3cccc(OC4CCC(C(=O)O)CC4)c3C2=O)C(=O)N1. The Labute approximate surface area is 166 Å². The Morgan fingerprint density at radius 2 is 1.76 bits per heavy atom. The first-order valence-electron chi connectivity index (χ1n) is 9.61. The fourth-order valence-electron chi connectivity index (χ4n) is 4.19. The standard InChI is InChI=1S/C20H20N2O7/c23-15-9-8-13(17(24)21-15)22-18(25)12-2-1-3-14(16(12)19(22)26)29-11-6-4-10(5-7-11)20(27)28/h1-3,10-11,13H,4-9H2,(H,27,28)(H,21,23,24). The number of amides is 4. The second-order valence-corrected chi connectivity index (χ2v) is 7.56. The zero-order chi connectivity index (χ0) is 20.7. The Bertz CT molecular complexity index is 917. The van der Waals surface area contributed by atoms with E-state index in [-0.39, 0.29) is 41.7 Å². The van der Waals surface area contributed by atoms with E-state index in [1.807, 2.05) is 0 Å². The van der Waals surface area contributed by atoms with Crippen LogP contribution in [0.15, 0.2) is 18.2 Å². The summed E-state index contributed by atoms with van der Waals surface area (Å²) in [4.78, 5) is 61.4. The number of carbonyl (C=O) groups is 5. The zero-order valence-corrected chi connectivity index (χ0v) is 15.6. The Balaban J connectivity index is 1.55. The van der Waals surface area contributed by atoms with Crippen molar-refractivity contribution in [2.45, 2.75) is 50.7 Å². The number of carboxylic acids is 1. The number of rotatable bonds is 4. The number of hydrogen-bond acceptors (Lipinski definition) is 6. The molecular weight excluding hydrogens is 380 g/mol. The first kappa shape index (κ1) is 19.1. The number of imide groups is 2. The van der Waals surface area contributed by atoms with Crippen molar-refractivity contribution in [2.75, 3.05) is 0 Å². The molecule has 2 N–H and O–H groups in total. The lowest BCUT2D eigenvalue weighted by atomic mass is 9.87. The monoisotopic (exact) mass is 400 g/mol. The molecule has 0 spiro atoms. The third-order valence-corrected chi connectivity index (χ3v) is 5.75. The Morgan fingerprint density at radius 3 is 2.41 bits per heavy atom. The van der Waals surface area contributed by atoms with Crippen molar-refractivity contribution in [1.82, 2.24) is 10.2 Å². The van der Waals surface area contributed by atoms with Crippen molar-refractivity contribution >= 4 is 29.6 Å². The molecule has 2 heterocycles. The van der Waals surface area contributed by atoms with Gasteiger partial charge in [0.2, 0.25) is 11.8 Å². The topological polar surface area (TPSA) is 130 Å². The molecule has 152 valence electrons. The van der Waals surface area contributed by atoms with Gasteiger partial charge in [0.05, 0.1) is 23.1 Å². The number of carbonyl (C=O) groups excluding carboxylic acids is 4. The summed E-state index contributed by atoms with van der Waals surface area (Å²) >= 11 is 0. The molecule has 1 saturated carbocycles. The number of benzene rings is 1. The predicted molar refractivity (Wildman–Crippen MR) is 97.1 cm³/mol. The van der Waals surface area contributed by atoms with Gasteiger partial charge in [-0.25, -0.2) is 0 Å². The summed E-state index contributed by atoms with van der Waals surface area (Å²) in [5, 5.41) is 11.3. The Kier molecular flexibility index (Phi) is 4.81. The largest absolute Gasteiger partial charge is 0.490 e. The van der Waals surface area contributed by atoms with Gasteiger partial charge >= 0.3 is 5.97 Å². The predicted octanol–water partition coefficient (Wildman–Crippen LogP) is 1.11. The molecule has 29 heavy (non-hydrogen) atoms. The molecule has 1 atom stereocenters. The molecule has 1 aromatic rings. The maximum atomic E-state index is 13.0. The minimum Gasteiger partial charge on any atom is -0.490 e. The van der Waals surface area contributed by atoms with Gasteiger partial charge in [0, 0.05) is 6.42 Å². The molecule has 4 rings (SSSR count). The average Bonchev–Trinajstić information content (AvgIpc) is 2.94. The van der Waals surface area contributed by atoms with Crippen molar-refractivity contribution in [3.63, 3.8) is 0 Å².